The molecule has 0 aliphatic heterocycles. The average Bonchev–Trinajstić information content (AvgIpc) is 2.76. The molecule has 0 saturated heterocycles. The van der Waals surface area contributed by atoms with E-state index < -0.39 is 0 Å². The Hall–Kier alpha value is -0.460. The van der Waals surface area contributed by atoms with Gasteiger partial charge in [-0.15, -0.1) is 11.3 Å². The summed E-state index contributed by atoms with van der Waals surface area (Å²) >= 11 is 10.3. The van der Waals surface area contributed by atoms with Crippen LogP contribution in [0.2, 0.25) is 0 Å². The molecule has 0 atom stereocenters. The van der Waals surface area contributed by atoms with E-state index in [0.717, 1.165) is 8.66 Å². The third-order valence-corrected chi connectivity index (χ3v) is 4.66. The Morgan fingerprint density at radius 3 is 2.83 bits per heavy atom. The van der Waals surface area contributed by atoms with E-state index in [2.05, 4.69) is 31.8 Å². The lowest BCUT2D eigenvalue weighted by Gasteiger charge is -2.23. The number of halogens is 1. The van der Waals surface area contributed by atoms with Gasteiger partial charge in [0.25, 0.3) is 0 Å². The van der Waals surface area contributed by atoms with Crippen molar-refractivity contribution < 1.29 is 0 Å². The van der Waals surface area contributed by atoms with Crippen LogP contribution in [-0.4, -0.2) is 17.4 Å². The van der Waals surface area contributed by atoms with Gasteiger partial charge < -0.3 is 5.32 Å². The van der Waals surface area contributed by atoms with Crippen LogP contribution in [-0.2, 0) is 0 Å². The van der Waals surface area contributed by atoms with Crippen LogP contribution >= 0.6 is 39.5 Å². The molecule has 0 unspecified atom stereocenters. The smallest absolute Gasteiger partial charge is 0.187 e. The molecule has 1 fully saturated rings. The van der Waals surface area contributed by atoms with Crippen molar-refractivity contribution in [1.82, 2.24) is 10.7 Å². The molecule has 3 nitrogen and oxygen atoms in total. The SMILES string of the molecule is S=C(N/N=C\c1ccc(Br)s1)NC1CCCCC1. The Morgan fingerprint density at radius 2 is 2.17 bits per heavy atom. The second-order valence-electron chi connectivity index (χ2n) is 4.32. The minimum absolute atomic E-state index is 0.518. The van der Waals surface area contributed by atoms with Crippen LogP contribution in [0.1, 0.15) is 37.0 Å². The molecular formula is C12H16BrN3S2. The van der Waals surface area contributed by atoms with Crippen LogP contribution in [0.25, 0.3) is 0 Å². The number of hydrazone groups is 1. The van der Waals surface area contributed by atoms with Crippen molar-refractivity contribution in [1.29, 1.82) is 0 Å². The van der Waals surface area contributed by atoms with Crippen LogP contribution < -0.4 is 10.7 Å². The van der Waals surface area contributed by atoms with Gasteiger partial charge in [-0.25, -0.2) is 0 Å². The Bertz CT molecular complexity index is 425. The topological polar surface area (TPSA) is 36.4 Å². The molecule has 0 aromatic carbocycles. The van der Waals surface area contributed by atoms with Crippen LogP contribution in [0.4, 0.5) is 0 Å². The monoisotopic (exact) mass is 345 g/mol. The van der Waals surface area contributed by atoms with Gasteiger partial charge in [-0.1, -0.05) is 19.3 Å². The molecule has 1 aliphatic carbocycles. The molecule has 1 heterocycles. The summed E-state index contributed by atoms with van der Waals surface area (Å²) in [5.41, 5.74) is 2.87. The third-order valence-electron chi connectivity index (χ3n) is 2.89. The maximum atomic E-state index is 5.21. The summed E-state index contributed by atoms with van der Waals surface area (Å²) in [6.07, 6.45) is 8.15. The van der Waals surface area contributed by atoms with Crippen molar-refractivity contribution in [3.8, 4) is 0 Å². The van der Waals surface area contributed by atoms with Gasteiger partial charge in [0, 0.05) is 10.9 Å². The van der Waals surface area contributed by atoms with Crippen LogP contribution in [0.5, 0.6) is 0 Å². The minimum atomic E-state index is 0.518. The lowest BCUT2D eigenvalue weighted by molar-refractivity contribution is 0.412. The van der Waals surface area contributed by atoms with E-state index in [9.17, 15) is 0 Å². The highest BCUT2D eigenvalue weighted by molar-refractivity contribution is 9.11. The quantitative estimate of drug-likeness (QED) is 0.498. The van der Waals surface area contributed by atoms with Crippen molar-refractivity contribution in [3.63, 3.8) is 0 Å². The van der Waals surface area contributed by atoms with Gasteiger partial charge in [-0.05, 0) is 53.1 Å². The first-order valence-corrected chi connectivity index (χ1v) is 8.11. The second-order valence-corrected chi connectivity index (χ2v) is 7.22. The van der Waals surface area contributed by atoms with Gasteiger partial charge in [0.2, 0.25) is 0 Å². The molecule has 0 amide bonds. The molecule has 2 rings (SSSR count). The highest BCUT2D eigenvalue weighted by atomic mass is 79.9. The van der Waals surface area contributed by atoms with Crippen molar-refractivity contribution in [3.05, 3.63) is 20.8 Å². The fourth-order valence-corrected chi connectivity index (χ4v) is 3.53. The Kier molecular flexibility index (Phi) is 5.59. The Labute approximate surface area is 125 Å². The van der Waals surface area contributed by atoms with E-state index in [1.165, 1.54) is 32.1 Å². The lowest BCUT2D eigenvalue weighted by Crippen LogP contribution is -2.40. The fraction of sp³-hybridized carbons (Fsp3) is 0.500. The molecule has 2 N–H and O–H groups in total. The van der Waals surface area contributed by atoms with Crippen molar-refractivity contribution in [2.75, 3.05) is 0 Å². The standard InChI is InChI=1S/C12H16BrN3S2/c13-11-7-6-10(18-11)8-14-16-12(17)15-9-4-2-1-3-5-9/h6-9H,1-5H2,(H2,15,16,17)/b14-8-. The first kappa shape index (κ1) is 14.0. The molecule has 6 heteroatoms. The highest BCUT2D eigenvalue weighted by Crippen LogP contribution is 2.20. The summed E-state index contributed by atoms with van der Waals surface area (Å²) in [4.78, 5) is 1.09. The fourth-order valence-electron chi connectivity index (χ4n) is 2.02. The number of rotatable bonds is 3. The molecule has 0 radical (unpaired) electrons. The van der Waals surface area contributed by atoms with Crippen molar-refractivity contribution in [2.24, 2.45) is 5.10 Å². The maximum absolute atomic E-state index is 5.21. The van der Waals surface area contributed by atoms with E-state index in [4.69, 9.17) is 12.2 Å². The van der Waals surface area contributed by atoms with Gasteiger partial charge in [-0.2, -0.15) is 5.10 Å². The molecule has 1 aromatic rings. The van der Waals surface area contributed by atoms with Crippen molar-refractivity contribution in [2.45, 2.75) is 38.1 Å². The normalized spacial score (nSPS) is 16.9. The zero-order valence-corrected chi connectivity index (χ0v) is 13.2. The molecule has 1 aliphatic rings. The predicted molar refractivity (Wildman–Crippen MR) is 85.4 cm³/mol. The average molecular weight is 346 g/mol. The Balaban J connectivity index is 1.72. The van der Waals surface area contributed by atoms with E-state index in [1.54, 1.807) is 17.6 Å². The number of nitrogens with zero attached hydrogens (tertiary/aromatic N) is 1. The van der Waals surface area contributed by atoms with Crippen LogP contribution in [0.15, 0.2) is 21.0 Å². The predicted octanol–water partition coefficient (Wildman–Crippen LogP) is 3.64. The van der Waals surface area contributed by atoms with E-state index in [0.29, 0.717) is 11.2 Å². The van der Waals surface area contributed by atoms with Crippen LogP contribution in [0, 0.1) is 0 Å². The number of thiophene rings is 1. The summed E-state index contributed by atoms with van der Waals surface area (Å²) in [5.74, 6) is 0. The summed E-state index contributed by atoms with van der Waals surface area (Å²) in [7, 11) is 0. The molecule has 1 saturated carbocycles. The molecule has 98 valence electrons. The van der Waals surface area contributed by atoms with Gasteiger partial charge >= 0.3 is 0 Å². The van der Waals surface area contributed by atoms with Gasteiger partial charge in [0.1, 0.15) is 0 Å². The zero-order valence-electron chi connectivity index (χ0n) is 9.99. The van der Waals surface area contributed by atoms with Crippen LogP contribution in [0.3, 0.4) is 0 Å². The second kappa shape index (κ2) is 7.21. The molecule has 0 bridgehead atoms. The Morgan fingerprint density at radius 1 is 1.39 bits per heavy atom. The number of nitrogens with one attached hydrogen (secondary N) is 2. The van der Waals surface area contributed by atoms with Gasteiger partial charge in [0.15, 0.2) is 5.11 Å². The third kappa shape index (κ3) is 4.66. The summed E-state index contributed by atoms with van der Waals surface area (Å²) in [5, 5.41) is 8.06. The summed E-state index contributed by atoms with van der Waals surface area (Å²) in [6, 6.07) is 4.53. The minimum Gasteiger partial charge on any atom is -0.359 e. The van der Waals surface area contributed by atoms with E-state index in [1.807, 2.05) is 12.1 Å². The van der Waals surface area contributed by atoms with E-state index in [-0.39, 0.29) is 0 Å². The summed E-state index contributed by atoms with van der Waals surface area (Å²) in [6.45, 7) is 0. The number of hydrogen-bond acceptors (Lipinski definition) is 3. The number of thiocarbonyl (C=S) groups is 1. The first-order valence-electron chi connectivity index (χ1n) is 6.09. The molecule has 0 spiro atoms. The molecular weight excluding hydrogens is 330 g/mol. The van der Waals surface area contributed by atoms with Gasteiger partial charge in [-0.3, -0.25) is 5.43 Å². The molecule has 18 heavy (non-hydrogen) atoms. The van der Waals surface area contributed by atoms with Crippen molar-refractivity contribution >= 4 is 50.8 Å². The molecule has 1 aromatic heterocycles. The maximum Gasteiger partial charge on any atom is 0.187 e. The summed E-state index contributed by atoms with van der Waals surface area (Å²) < 4.78 is 1.10. The lowest BCUT2D eigenvalue weighted by atomic mass is 9.96. The number of hydrogen-bond donors (Lipinski definition) is 2. The van der Waals surface area contributed by atoms with Gasteiger partial charge in [0.05, 0.1) is 10.0 Å². The largest absolute Gasteiger partial charge is 0.359 e. The zero-order chi connectivity index (χ0) is 12.8. The first-order chi connectivity index (χ1) is 8.74. The highest BCUT2D eigenvalue weighted by Gasteiger charge is 2.13. The van der Waals surface area contributed by atoms with E-state index >= 15 is 0 Å².